The highest BCUT2D eigenvalue weighted by Crippen LogP contribution is 2.17. The van der Waals surface area contributed by atoms with E-state index in [1.54, 1.807) is 0 Å². The molecular formula is C13H22N2. The van der Waals surface area contributed by atoms with Crippen LogP contribution in [0.2, 0.25) is 0 Å². The molecule has 0 radical (unpaired) electrons. The van der Waals surface area contributed by atoms with Gasteiger partial charge in [-0.15, -0.1) is 0 Å². The third-order valence-electron chi connectivity index (χ3n) is 2.96. The van der Waals surface area contributed by atoms with Crippen LogP contribution in [0.25, 0.3) is 0 Å². The van der Waals surface area contributed by atoms with Gasteiger partial charge >= 0.3 is 0 Å². The Morgan fingerprint density at radius 1 is 1.33 bits per heavy atom. The average molecular weight is 206 g/mol. The zero-order valence-electron chi connectivity index (χ0n) is 10.0. The highest BCUT2D eigenvalue weighted by atomic mass is 14.9. The van der Waals surface area contributed by atoms with E-state index in [-0.39, 0.29) is 0 Å². The minimum atomic E-state index is 0.600. The number of anilines is 1. The number of aryl methyl sites for hydroxylation is 1. The van der Waals surface area contributed by atoms with E-state index in [0.717, 1.165) is 19.5 Å². The predicted octanol–water partition coefficient (Wildman–Crippen LogP) is 2.70. The standard InChI is InChI=1S/C13H22N2/c1-10(9-14)7-8-15-13-6-4-5-11(2)12(13)3/h4-6,10,15H,7-9,14H2,1-3H3. The van der Waals surface area contributed by atoms with Crippen molar-refractivity contribution in [3.63, 3.8) is 0 Å². The summed E-state index contributed by atoms with van der Waals surface area (Å²) in [6.45, 7) is 8.26. The summed E-state index contributed by atoms with van der Waals surface area (Å²) in [6, 6.07) is 6.37. The van der Waals surface area contributed by atoms with Crippen molar-refractivity contribution in [1.82, 2.24) is 0 Å². The van der Waals surface area contributed by atoms with Gasteiger partial charge in [0, 0.05) is 12.2 Å². The Bertz CT molecular complexity index is 307. The SMILES string of the molecule is Cc1cccc(NCCC(C)CN)c1C. The molecule has 0 spiro atoms. The summed E-state index contributed by atoms with van der Waals surface area (Å²) in [5, 5.41) is 3.46. The summed E-state index contributed by atoms with van der Waals surface area (Å²) >= 11 is 0. The smallest absolute Gasteiger partial charge is 0.0372 e. The van der Waals surface area contributed by atoms with Gasteiger partial charge in [0.15, 0.2) is 0 Å². The van der Waals surface area contributed by atoms with Gasteiger partial charge in [-0.3, -0.25) is 0 Å². The molecule has 0 aliphatic carbocycles. The molecule has 1 aromatic rings. The lowest BCUT2D eigenvalue weighted by atomic mass is 10.1. The minimum absolute atomic E-state index is 0.600. The summed E-state index contributed by atoms with van der Waals surface area (Å²) in [5.74, 6) is 0.600. The van der Waals surface area contributed by atoms with E-state index in [1.807, 2.05) is 0 Å². The first-order valence-corrected chi connectivity index (χ1v) is 5.65. The molecule has 0 aromatic heterocycles. The van der Waals surface area contributed by atoms with E-state index in [4.69, 9.17) is 5.73 Å². The van der Waals surface area contributed by atoms with Crippen molar-refractivity contribution in [1.29, 1.82) is 0 Å². The van der Waals surface area contributed by atoms with E-state index in [2.05, 4.69) is 44.3 Å². The first-order valence-electron chi connectivity index (χ1n) is 5.65. The van der Waals surface area contributed by atoms with E-state index in [9.17, 15) is 0 Å². The number of hydrogen-bond donors (Lipinski definition) is 2. The molecule has 2 nitrogen and oxygen atoms in total. The molecule has 84 valence electrons. The highest BCUT2D eigenvalue weighted by molar-refractivity contribution is 5.53. The Kier molecular flexibility index (Phi) is 4.63. The second kappa shape index (κ2) is 5.76. The van der Waals surface area contributed by atoms with Gasteiger partial charge in [-0.2, -0.15) is 0 Å². The lowest BCUT2D eigenvalue weighted by Crippen LogP contribution is -2.15. The Labute approximate surface area is 92.9 Å². The van der Waals surface area contributed by atoms with Crippen LogP contribution in [0.3, 0.4) is 0 Å². The van der Waals surface area contributed by atoms with Crippen LogP contribution in [0.15, 0.2) is 18.2 Å². The summed E-state index contributed by atoms with van der Waals surface area (Å²) in [5.41, 5.74) is 9.51. The number of hydrogen-bond acceptors (Lipinski definition) is 2. The first-order chi connectivity index (χ1) is 7.15. The van der Waals surface area contributed by atoms with E-state index in [1.165, 1.54) is 16.8 Å². The third-order valence-corrected chi connectivity index (χ3v) is 2.96. The topological polar surface area (TPSA) is 38.0 Å². The van der Waals surface area contributed by atoms with Gasteiger partial charge in [0.25, 0.3) is 0 Å². The zero-order valence-corrected chi connectivity index (χ0v) is 10.0. The second-order valence-corrected chi connectivity index (χ2v) is 4.30. The first kappa shape index (κ1) is 12.1. The van der Waals surface area contributed by atoms with Crippen LogP contribution in [-0.4, -0.2) is 13.1 Å². The fourth-order valence-electron chi connectivity index (χ4n) is 1.51. The van der Waals surface area contributed by atoms with Crippen LogP contribution < -0.4 is 11.1 Å². The number of nitrogens with one attached hydrogen (secondary N) is 1. The van der Waals surface area contributed by atoms with Crippen LogP contribution in [0, 0.1) is 19.8 Å². The molecule has 15 heavy (non-hydrogen) atoms. The molecule has 1 rings (SSSR count). The van der Waals surface area contributed by atoms with Crippen molar-refractivity contribution in [3.05, 3.63) is 29.3 Å². The second-order valence-electron chi connectivity index (χ2n) is 4.30. The van der Waals surface area contributed by atoms with E-state index in [0.29, 0.717) is 5.92 Å². The van der Waals surface area contributed by atoms with Crippen molar-refractivity contribution < 1.29 is 0 Å². The van der Waals surface area contributed by atoms with Crippen molar-refractivity contribution in [2.24, 2.45) is 11.7 Å². The van der Waals surface area contributed by atoms with Gasteiger partial charge in [0.05, 0.1) is 0 Å². The molecule has 1 atom stereocenters. The molecule has 0 saturated heterocycles. The molecule has 0 aliphatic heterocycles. The van der Waals surface area contributed by atoms with Gasteiger partial charge in [-0.1, -0.05) is 19.1 Å². The van der Waals surface area contributed by atoms with Crippen LogP contribution >= 0.6 is 0 Å². The summed E-state index contributed by atoms with van der Waals surface area (Å²) < 4.78 is 0. The molecular weight excluding hydrogens is 184 g/mol. The Hall–Kier alpha value is -1.02. The molecule has 3 N–H and O–H groups in total. The molecule has 0 saturated carbocycles. The van der Waals surface area contributed by atoms with E-state index >= 15 is 0 Å². The fourth-order valence-corrected chi connectivity index (χ4v) is 1.51. The largest absolute Gasteiger partial charge is 0.385 e. The van der Waals surface area contributed by atoms with Crippen LogP contribution in [0.1, 0.15) is 24.5 Å². The predicted molar refractivity (Wildman–Crippen MR) is 67.2 cm³/mol. The van der Waals surface area contributed by atoms with Crippen LogP contribution in [0.5, 0.6) is 0 Å². The third kappa shape index (κ3) is 3.56. The van der Waals surface area contributed by atoms with Crippen molar-refractivity contribution in [3.8, 4) is 0 Å². The molecule has 0 bridgehead atoms. The zero-order chi connectivity index (χ0) is 11.3. The van der Waals surface area contributed by atoms with Gasteiger partial charge < -0.3 is 11.1 Å². The normalized spacial score (nSPS) is 12.5. The molecule has 0 heterocycles. The Balaban J connectivity index is 2.47. The van der Waals surface area contributed by atoms with Crippen LogP contribution in [-0.2, 0) is 0 Å². The average Bonchev–Trinajstić information content (AvgIpc) is 2.24. The van der Waals surface area contributed by atoms with Crippen molar-refractivity contribution in [2.45, 2.75) is 27.2 Å². The van der Waals surface area contributed by atoms with Gasteiger partial charge in [0.1, 0.15) is 0 Å². The number of nitrogens with two attached hydrogens (primary N) is 1. The maximum absolute atomic E-state index is 5.58. The number of rotatable bonds is 5. The van der Waals surface area contributed by atoms with Gasteiger partial charge in [-0.25, -0.2) is 0 Å². The summed E-state index contributed by atoms with van der Waals surface area (Å²) in [6.07, 6.45) is 1.13. The Morgan fingerprint density at radius 2 is 2.07 bits per heavy atom. The summed E-state index contributed by atoms with van der Waals surface area (Å²) in [4.78, 5) is 0. The molecule has 1 aromatic carbocycles. The van der Waals surface area contributed by atoms with E-state index < -0.39 is 0 Å². The molecule has 0 aliphatic rings. The summed E-state index contributed by atoms with van der Waals surface area (Å²) in [7, 11) is 0. The van der Waals surface area contributed by atoms with Gasteiger partial charge in [0.2, 0.25) is 0 Å². The van der Waals surface area contributed by atoms with Crippen molar-refractivity contribution >= 4 is 5.69 Å². The Morgan fingerprint density at radius 3 is 2.73 bits per heavy atom. The fraction of sp³-hybridized carbons (Fsp3) is 0.538. The lowest BCUT2D eigenvalue weighted by molar-refractivity contribution is 0.561. The minimum Gasteiger partial charge on any atom is -0.385 e. The molecule has 1 unspecified atom stereocenters. The number of benzene rings is 1. The monoisotopic (exact) mass is 206 g/mol. The highest BCUT2D eigenvalue weighted by Gasteiger charge is 2.01. The maximum atomic E-state index is 5.58. The van der Waals surface area contributed by atoms with Crippen LogP contribution in [0.4, 0.5) is 5.69 Å². The quantitative estimate of drug-likeness (QED) is 0.777. The molecule has 2 heteroatoms. The molecule has 0 amide bonds. The van der Waals surface area contributed by atoms with Crippen molar-refractivity contribution in [2.75, 3.05) is 18.4 Å². The maximum Gasteiger partial charge on any atom is 0.0372 e. The van der Waals surface area contributed by atoms with Gasteiger partial charge in [-0.05, 0) is 49.9 Å². The lowest BCUT2D eigenvalue weighted by Gasteiger charge is -2.13. The molecule has 0 fully saturated rings.